The van der Waals surface area contributed by atoms with E-state index in [9.17, 15) is 5.11 Å². The van der Waals surface area contributed by atoms with Crippen molar-refractivity contribution in [2.24, 2.45) is 5.41 Å². The predicted molar refractivity (Wildman–Crippen MR) is 151 cm³/mol. The van der Waals surface area contributed by atoms with Gasteiger partial charge in [0.05, 0.1) is 6.04 Å². The average Bonchev–Trinajstić information content (AvgIpc) is 3.89. The summed E-state index contributed by atoms with van der Waals surface area (Å²) >= 11 is 0. The van der Waals surface area contributed by atoms with E-state index in [1.165, 1.54) is 31.2 Å². The summed E-state index contributed by atoms with van der Waals surface area (Å²) in [5, 5.41) is 17.8. The molecule has 39 heavy (non-hydrogen) atoms. The molecule has 2 aromatic heterocycles. The van der Waals surface area contributed by atoms with Gasteiger partial charge in [0.1, 0.15) is 11.4 Å². The van der Waals surface area contributed by atoms with Crippen LogP contribution in [0.1, 0.15) is 99.7 Å². The van der Waals surface area contributed by atoms with Crippen LogP contribution in [0.4, 0.5) is 0 Å². The number of benzene rings is 1. The molecule has 7 nitrogen and oxygen atoms in total. The molecule has 0 amide bonds. The number of ether oxygens (including phenoxy) is 1. The monoisotopic (exact) mass is 527 g/mol. The van der Waals surface area contributed by atoms with Crippen LogP contribution in [-0.2, 0) is 10.3 Å². The van der Waals surface area contributed by atoms with Crippen molar-refractivity contribution in [2.45, 2.75) is 88.8 Å². The van der Waals surface area contributed by atoms with E-state index >= 15 is 0 Å². The highest BCUT2D eigenvalue weighted by Gasteiger charge is 2.58. The van der Waals surface area contributed by atoms with Gasteiger partial charge in [0.15, 0.2) is 5.82 Å². The number of hydrogen-bond acceptors (Lipinski definition) is 6. The molecule has 7 heteroatoms. The lowest BCUT2D eigenvalue weighted by atomic mass is 9.61. The van der Waals surface area contributed by atoms with E-state index in [1.807, 2.05) is 12.4 Å². The Hall–Kier alpha value is -2.61. The van der Waals surface area contributed by atoms with Crippen molar-refractivity contribution < 1.29 is 9.84 Å². The van der Waals surface area contributed by atoms with E-state index in [0.717, 1.165) is 61.7 Å². The van der Waals surface area contributed by atoms with Gasteiger partial charge in [-0.3, -0.25) is 9.88 Å². The van der Waals surface area contributed by atoms with Gasteiger partial charge in [-0.15, -0.1) is 0 Å². The van der Waals surface area contributed by atoms with Crippen molar-refractivity contribution in [2.75, 3.05) is 26.3 Å². The van der Waals surface area contributed by atoms with Crippen LogP contribution < -0.4 is 0 Å². The largest absolute Gasteiger partial charge is 0.381 e. The molecular formula is C32H41N5O2. The number of hydrogen-bond donors (Lipinski definition) is 1. The van der Waals surface area contributed by atoms with Crippen molar-refractivity contribution in [3.05, 3.63) is 65.2 Å². The topological polar surface area (TPSA) is 76.3 Å². The predicted octanol–water partition coefficient (Wildman–Crippen LogP) is 5.41. The van der Waals surface area contributed by atoms with Crippen molar-refractivity contribution in [1.82, 2.24) is 24.6 Å². The maximum absolute atomic E-state index is 12.8. The van der Waals surface area contributed by atoms with E-state index in [4.69, 9.17) is 14.8 Å². The Morgan fingerprint density at radius 1 is 0.949 bits per heavy atom. The summed E-state index contributed by atoms with van der Waals surface area (Å²) in [5.41, 5.74) is 2.43. The molecule has 2 aliphatic carbocycles. The molecule has 0 spiro atoms. The van der Waals surface area contributed by atoms with Crippen LogP contribution in [0.15, 0.2) is 42.7 Å². The van der Waals surface area contributed by atoms with Crippen molar-refractivity contribution in [3.63, 3.8) is 0 Å². The third-order valence-corrected chi connectivity index (χ3v) is 9.59. The van der Waals surface area contributed by atoms with Crippen molar-refractivity contribution in [3.8, 4) is 11.4 Å². The van der Waals surface area contributed by atoms with Gasteiger partial charge in [0, 0.05) is 67.2 Å². The quantitative estimate of drug-likeness (QED) is 0.422. The number of aromatic nitrogens is 4. The van der Waals surface area contributed by atoms with Gasteiger partial charge >= 0.3 is 0 Å². The van der Waals surface area contributed by atoms with Crippen LogP contribution in [0.25, 0.3) is 11.4 Å². The lowest BCUT2D eigenvalue weighted by molar-refractivity contribution is -0.138. The number of aliphatic hydroxyl groups is 1. The summed E-state index contributed by atoms with van der Waals surface area (Å²) in [6.45, 7) is 9.98. The molecular weight excluding hydrogens is 486 g/mol. The maximum Gasteiger partial charge on any atom is 0.182 e. The standard InChI is InChI=1S/C32H41N5O2/c1-21(2)22-4-6-25(7-5-22)32(38,31(3)19-36(20-31)27-8-9-27)26-16-24(17-33-18-26)29-34-30(23-12-14-39-15-13-23)37(35-29)28-10-11-28/h4-7,16-18,21,23,27-28,38H,8-15,19-20H2,1-3H3. The highest BCUT2D eigenvalue weighted by molar-refractivity contribution is 5.56. The fourth-order valence-electron chi connectivity index (χ4n) is 6.79. The van der Waals surface area contributed by atoms with Crippen LogP contribution in [0.2, 0.25) is 0 Å². The highest BCUT2D eigenvalue weighted by atomic mass is 16.5. The Kier molecular flexibility index (Phi) is 6.18. The van der Waals surface area contributed by atoms with Crippen LogP contribution in [0.5, 0.6) is 0 Å². The van der Waals surface area contributed by atoms with Gasteiger partial charge in [-0.2, -0.15) is 5.10 Å². The fourth-order valence-corrected chi connectivity index (χ4v) is 6.79. The van der Waals surface area contributed by atoms with Gasteiger partial charge in [-0.1, -0.05) is 45.0 Å². The molecule has 0 radical (unpaired) electrons. The Balaban J connectivity index is 1.28. The first-order valence-electron chi connectivity index (χ1n) is 14.9. The van der Waals surface area contributed by atoms with E-state index in [1.54, 1.807) is 0 Å². The molecule has 4 heterocycles. The van der Waals surface area contributed by atoms with E-state index < -0.39 is 5.60 Å². The summed E-state index contributed by atoms with van der Waals surface area (Å²) < 4.78 is 7.80. The third-order valence-electron chi connectivity index (χ3n) is 9.59. The first-order valence-corrected chi connectivity index (χ1v) is 14.9. The number of rotatable bonds is 8. The second-order valence-electron chi connectivity index (χ2n) is 13.0. The molecule has 7 rings (SSSR count). The maximum atomic E-state index is 12.8. The van der Waals surface area contributed by atoms with Gasteiger partial charge in [0.2, 0.25) is 0 Å². The Bertz CT molecular complexity index is 1330. The van der Waals surface area contributed by atoms with E-state index in [0.29, 0.717) is 29.7 Å². The van der Waals surface area contributed by atoms with Gasteiger partial charge < -0.3 is 9.84 Å². The molecule has 2 aliphatic heterocycles. The molecule has 1 atom stereocenters. The third kappa shape index (κ3) is 4.43. The van der Waals surface area contributed by atoms with Crippen LogP contribution in [0, 0.1) is 5.41 Å². The Morgan fingerprint density at radius 3 is 2.28 bits per heavy atom. The van der Waals surface area contributed by atoms with Crippen molar-refractivity contribution in [1.29, 1.82) is 0 Å². The summed E-state index contributed by atoms with van der Waals surface area (Å²) in [6, 6.07) is 11.8. The van der Waals surface area contributed by atoms with Crippen LogP contribution in [-0.4, -0.2) is 62.1 Å². The summed E-state index contributed by atoms with van der Waals surface area (Å²) in [5.74, 6) is 2.63. The van der Waals surface area contributed by atoms with Crippen LogP contribution >= 0.6 is 0 Å². The molecule has 206 valence electrons. The van der Waals surface area contributed by atoms with E-state index in [-0.39, 0.29) is 5.41 Å². The molecule has 1 N–H and O–H groups in total. The molecule has 3 aromatic rings. The van der Waals surface area contributed by atoms with E-state index in [2.05, 4.69) is 65.7 Å². The lowest BCUT2D eigenvalue weighted by Crippen LogP contribution is -2.65. The molecule has 2 saturated heterocycles. The van der Waals surface area contributed by atoms with Gasteiger partial charge in [-0.25, -0.2) is 9.67 Å². The summed E-state index contributed by atoms with van der Waals surface area (Å²) in [4.78, 5) is 12.3. The molecule has 2 saturated carbocycles. The second kappa shape index (κ2) is 9.50. The first kappa shape index (κ1) is 25.4. The Labute approximate surface area is 231 Å². The number of pyridine rings is 1. The molecule has 0 bridgehead atoms. The number of likely N-dealkylation sites (tertiary alicyclic amines) is 1. The molecule has 4 aliphatic rings. The zero-order chi connectivity index (χ0) is 26.8. The van der Waals surface area contributed by atoms with Gasteiger partial charge in [0.25, 0.3) is 0 Å². The SMILES string of the molecule is CC(C)c1ccc(C(O)(c2cncc(-c3nc(C4CCOCC4)n(C4CC4)n3)c2)C2(C)CN(C3CC3)C2)cc1. The summed E-state index contributed by atoms with van der Waals surface area (Å²) in [7, 11) is 0. The minimum atomic E-state index is -1.17. The minimum Gasteiger partial charge on any atom is -0.381 e. The summed E-state index contributed by atoms with van der Waals surface area (Å²) in [6.07, 6.45) is 10.6. The van der Waals surface area contributed by atoms with Gasteiger partial charge in [-0.05, 0) is 61.6 Å². The fraction of sp³-hybridized carbons (Fsp3) is 0.594. The molecule has 1 aromatic carbocycles. The molecule has 1 unspecified atom stereocenters. The van der Waals surface area contributed by atoms with Crippen molar-refractivity contribution >= 4 is 0 Å². The smallest absolute Gasteiger partial charge is 0.182 e. The van der Waals surface area contributed by atoms with Crippen LogP contribution in [0.3, 0.4) is 0 Å². The normalized spacial score (nSPS) is 23.5. The lowest BCUT2D eigenvalue weighted by Gasteiger charge is -2.57. The second-order valence-corrected chi connectivity index (χ2v) is 13.0. The number of nitrogens with zero attached hydrogens (tertiary/aromatic N) is 5. The molecule has 4 fully saturated rings. The Morgan fingerprint density at radius 2 is 1.64 bits per heavy atom. The zero-order valence-electron chi connectivity index (χ0n) is 23.5. The highest BCUT2D eigenvalue weighted by Crippen LogP contribution is 2.53. The zero-order valence-corrected chi connectivity index (χ0v) is 23.5. The average molecular weight is 528 g/mol. The first-order chi connectivity index (χ1) is 18.9. The minimum absolute atomic E-state index is 0.316.